The second kappa shape index (κ2) is 10.3. The molecular formula is C26H30N4O. The number of aromatic nitrogens is 2. The smallest absolute Gasteiger partial charge is 0.227 e. The number of amides is 1. The normalized spacial score (nSPS) is 17.5. The Morgan fingerprint density at radius 3 is 2.55 bits per heavy atom. The molecule has 1 aliphatic rings. The number of benzene rings is 1. The molecule has 5 heteroatoms. The first-order chi connectivity index (χ1) is 15.2. The molecule has 1 aromatic carbocycles. The molecule has 160 valence electrons. The third-order valence-corrected chi connectivity index (χ3v) is 5.86. The van der Waals surface area contributed by atoms with Crippen molar-refractivity contribution in [1.29, 1.82) is 0 Å². The van der Waals surface area contributed by atoms with Crippen molar-refractivity contribution in [2.45, 2.75) is 26.3 Å². The highest BCUT2D eigenvalue weighted by molar-refractivity contribution is 5.79. The van der Waals surface area contributed by atoms with Gasteiger partial charge in [-0.3, -0.25) is 19.7 Å². The minimum absolute atomic E-state index is 0.0398. The van der Waals surface area contributed by atoms with Gasteiger partial charge in [-0.15, -0.1) is 0 Å². The number of rotatable bonds is 7. The maximum atomic E-state index is 13.3. The van der Waals surface area contributed by atoms with E-state index in [9.17, 15) is 4.79 Å². The van der Waals surface area contributed by atoms with Crippen molar-refractivity contribution < 1.29 is 4.79 Å². The van der Waals surface area contributed by atoms with E-state index in [1.165, 1.54) is 5.56 Å². The third kappa shape index (κ3) is 5.56. The fraction of sp³-hybridized carbons (Fsp3) is 0.346. The summed E-state index contributed by atoms with van der Waals surface area (Å²) >= 11 is 0. The summed E-state index contributed by atoms with van der Waals surface area (Å²) in [7, 11) is 0. The first kappa shape index (κ1) is 21.2. The van der Waals surface area contributed by atoms with E-state index in [0.717, 1.165) is 62.4 Å². The zero-order valence-electron chi connectivity index (χ0n) is 18.2. The van der Waals surface area contributed by atoms with E-state index < -0.39 is 0 Å². The van der Waals surface area contributed by atoms with Gasteiger partial charge in [0, 0.05) is 51.3 Å². The number of carbonyl (C=O) groups excluding carboxylic acids is 1. The SMILES string of the molecule is CCCN1CCN(Cc2ccccn2)C[C@H](Cc2ccc(-c3cccnc3)cc2)C1=O. The van der Waals surface area contributed by atoms with Crippen molar-refractivity contribution in [3.8, 4) is 11.1 Å². The van der Waals surface area contributed by atoms with Crippen LogP contribution < -0.4 is 0 Å². The summed E-state index contributed by atoms with van der Waals surface area (Å²) < 4.78 is 0. The standard InChI is InChI=1S/C26H30N4O/c1-2-14-30-16-15-29(20-25-7-3-4-13-28-25)19-24(26(30)31)17-21-8-10-22(11-9-21)23-6-5-12-27-18-23/h3-13,18,24H,2,14-17,19-20H2,1H3/t24-/m0/s1. The molecule has 1 fully saturated rings. The van der Waals surface area contributed by atoms with E-state index in [2.05, 4.69) is 58.2 Å². The van der Waals surface area contributed by atoms with Gasteiger partial charge in [-0.2, -0.15) is 0 Å². The maximum absolute atomic E-state index is 13.3. The molecule has 0 saturated carbocycles. The molecule has 0 bridgehead atoms. The molecule has 31 heavy (non-hydrogen) atoms. The summed E-state index contributed by atoms with van der Waals surface area (Å²) in [5.41, 5.74) is 4.50. The fourth-order valence-corrected chi connectivity index (χ4v) is 4.27. The van der Waals surface area contributed by atoms with Crippen LogP contribution in [0.25, 0.3) is 11.1 Å². The maximum Gasteiger partial charge on any atom is 0.227 e. The topological polar surface area (TPSA) is 49.3 Å². The van der Waals surface area contributed by atoms with Gasteiger partial charge in [-0.05, 0) is 47.7 Å². The van der Waals surface area contributed by atoms with E-state index in [4.69, 9.17) is 0 Å². The van der Waals surface area contributed by atoms with Crippen molar-refractivity contribution >= 4 is 5.91 Å². The molecule has 3 heterocycles. The lowest BCUT2D eigenvalue weighted by Crippen LogP contribution is -2.37. The highest BCUT2D eigenvalue weighted by Crippen LogP contribution is 2.22. The summed E-state index contributed by atoms with van der Waals surface area (Å²) in [4.78, 5) is 26.4. The Morgan fingerprint density at radius 1 is 0.968 bits per heavy atom. The summed E-state index contributed by atoms with van der Waals surface area (Å²) in [6, 6.07) is 18.6. The molecule has 1 saturated heterocycles. The summed E-state index contributed by atoms with van der Waals surface area (Å²) in [6.07, 6.45) is 7.24. The second-order valence-electron chi connectivity index (χ2n) is 8.22. The Labute approximate surface area is 184 Å². The average Bonchev–Trinajstić information content (AvgIpc) is 2.95. The Balaban J connectivity index is 1.49. The van der Waals surface area contributed by atoms with Crippen LogP contribution in [0.5, 0.6) is 0 Å². The predicted molar refractivity (Wildman–Crippen MR) is 123 cm³/mol. The van der Waals surface area contributed by atoms with Crippen LogP contribution in [0.4, 0.5) is 0 Å². The summed E-state index contributed by atoms with van der Waals surface area (Å²) in [5, 5.41) is 0. The predicted octanol–water partition coefficient (Wildman–Crippen LogP) is 4.06. The van der Waals surface area contributed by atoms with E-state index in [-0.39, 0.29) is 11.8 Å². The van der Waals surface area contributed by atoms with Crippen LogP contribution in [0, 0.1) is 5.92 Å². The molecular weight excluding hydrogens is 384 g/mol. The van der Waals surface area contributed by atoms with Gasteiger partial charge in [0.25, 0.3) is 0 Å². The molecule has 0 unspecified atom stereocenters. The average molecular weight is 415 g/mol. The molecule has 0 aliphatic carbocycles. The molecule has 5 nitrogen and oxygen atoms in total. The molecule has 4 rings (SSSR count). The van der Waals surface area contributed by atoms with Crippen LogP contribution in [0.2, 0.25) is 0 Å². The third-order valence-electron chi connectivity index (χ3n) is 5.86. The van der Waals surface area contributed by atoms with E-state index in [1.54, 1.807) is 6.20 Å². The van der Waals surface area contributed by atoms with Crippen LogP contribution in [0.3, 0.4) is 0 Å². The number of hydrogen-bond acceptors (Lipinski definition) is 4. The van der Waals surface area contributed by atoms with Crippen molar-refractivity contribution in [1.82, 2.24) is 19.8 Å². The number of nitrogens with zero attached hydrogens (tertiary/aromatic N) is 4. The van der Waals surface area contributed by atoms with E-state index >= 15 is 0 Å². The van der Waals surface area contributed by atoms with E-state index in [1.807, 2.05) is 35.5 Å². The van der Waals surface area contributed by atoms with Crippen LogP contribution in [0.1, 0.15) is 24.6 Å². The lowest BCUT2D eigenvalue weighted by molar-refractivity contribution is -0.134. The zero-order chi connectivity index (χ0) is 21.5. The first-order valence-corrected chi connectivity index (χ1v) is 11.1. The van der Waals surface area contributed by atoms with Gasteiger partial charge >= 0.3 is 0 Å². The number of carbonyl (C=O) groups is 1. The molecule has 0 spiro atoms. The monoisotopic (exact) mass is 414 g/mol. The van der Waals surface area contributed by atoms with Gasteiger partial charge in [0.05, 0.1) is 11.6 Å². The lowest BCUT2D eigenvalue weighted by Gasteiger charge is -2.24. The molecule has 1 atom stereocenters. The van der Waals surface area contributed by atoms with Gasteiger partial charge in [-0.1, -0.05) is 43.3 Å². The quantitative estimate of drug-likeness (QED) is 0.585. The highest BCUT2D eigenvalue weighted by Gasteiger charge is 2.30. The van der Waals surface area contributed by atoms with Crippen molar-refractivity contribution in [3.63, 3.8) is 0 Å². The second-order valence-corrected chi connectivity index (χ2v) is 8.22. The largest absolute Gasteiger partial charge is 0.341 e. The van der Waals surface area contributed by atoms with Crippen LogP contribution >= 0.6 is 0 Å². The van der Waals surface area contributed by atoms with Crippen molar-refractivity contribution in [3.05, 3.63) is 84.4 Å². The summed E-state index contributed by atoms with van der Waals surface area (Å²) in [6.45, 7) is 6.18. The van der Waals surface area contributed by atoms with Gasteiger partial charge < -0.3 is 4.90 Å². The highest BCUT2D eigenvalue weighted by atomic mass is 16.2. The lowest BCUT2D eigenvalue weighted by atomic mass is 9.96. The van der Waals surface area contributed by atoms with Gasteiger partial charge in [0.2, 0.25) is 5.91 Å². The van der Waals surface area contributed by atoms with Crippen LogP contribution in [-0.4, -0.2) is 51.9 Å². The van der Waals surface area contributed by atoms with Crippen molar-refractivity contribution in [2.75, 3.05) is 26.2 Å². The Morgan fingerprint density at radius 2 is 1.84 bits per heavy atom. The first-order valence-electron chi connectivity index (χ1n) is 11.1. The van der Waals surface area contributed by atoms with Gasteiger partial charge in [0.1, 0.15) is 0 Å². The van der Waals surface area contributed by atoms with Crippen molar-refractivity contribution in [2.24, 2.45) is 5.92 Å². The minimum atomic E-state index is -0.0398. The molecule has 0 N–H and O–H groups in total. The Bertz CT molecular complexity index is 960. The zero-order valence-corrected chi connectivity index (χ0v) is 18.2. The van der Waals surface area contributed by atoms with Gasteiger partial charge in [0.15, 0.2) is 0 Å². The summed E-state index contributed by atoms with van der Waals surface area (Å²) in [5.74, 6) is 0.240. The minimum Gasteiger partial charge on any atom is -0.341 e. The molecule has 1 amide bonds. The number of pyridine rings is 2. The molecule has 1 aliphatic heterocycles. The number of hydrogen-bond donors (Lipinski definition) is 0. The fourth-order valence-electron chi connectivity index (χ4n) is 4.27. The van der Waals surface area contributed by atoms with Crippen LogP contribution in [0.15, 0.2) is 73.2 Å². The van der Waals surface area contributed by atoms with Crippen LogP contribution in [-0.2, 0) is 17.8 Å². The molecule has 2 aromatic heterocycles. The van der Waals surface area contributed by atoms with Gasteiger partial charge in [-0.25, -0.2) is 0 Å². The molecule has 3 aromatic rings. The Kier molecular flexibility index (Phi) is 7.05. The Hall–Kier alpha value is -3.05. The molecule has 0 radical (unpaired) electrons. The van der Waals surface area contributed by atoms with E-state index in [0.29, 0.717) is 0 Å².